The Balaban J connectivity index is 1.00. The molecule has 3 aliphatic rings. The van der Waals surface area contributed by atoms with Gasteiger partial charge < -0.3 is 30.0 Å². The van der Waals surface area contributed by atoms with Crippen LogP contribution in [0, 0.1) is 0 Å². The number of imidazole rings is 1. The Morgan fingerprint density at radius 3 is 2.45 bits per heavy atom. The molecule has 0 spiro atoms. The van der Waals surface area contributed by atoms with Crippen molar-refractivity contribution in [3.05, 3.63) is 141 Å². The number of nitrogen functional groups attached to an aromatic ring is 1. The van der Waals surface area contributed by atoms with E-state index in [2.05, 4.69) is 15.3 Å². The maximum Gasteiger partial charge on any atom is 0.344 e. The van der Waals surface area contributed by atoms with Gasteiger partial charge in [0.1, 0.15) is 28.2 Å². The highest BCUT2D eigenvalue weighted by molar-refractivity contribution is 6.32. The second-order valence-electron chi connectivity index (χ2n) is 12.7. The van der Waals surface area contributed by atoms with Crippen LogP contribution in [0.15, 0.2) is 117 Å². The third-order valence-corrected chi connectivity index (χ3v) is 9.68. The number of anilines is 1. The van der Waals surface area contributed by atoms with Crippen molar-refractivity contribution in [3.8, 4) is 50.8 Å². The van der Waals surface area contributed by atoms with E-state index in [0.29, 0.717) is 62.3 Å². The first-order valence-corrected chi connectivity index (χ1v) is 17.1. The van der Waals surface area contributed by atoms with Crippen molar-refractivity contribution in [2.45, 2.75) is 13.0 Å². The number of hydrogen-bond donors (Lipinski definition) is 4. The van der Waals surface area contributed by atoms with Crippen molar-refractivity contribution in [3.63, 3.8) is 0 Å². The molecule has 258 valence electrons. The summed E-state index contributed by atoms with van der Waals surface area (Å²) >= 11 is 6.08. The van der Waals surface area contributed by atoms with Crippen molar-refractivity contribution in [1.29, 1.82) is 0 Å². The lowest BCUT2D eigenvalue weighted by Gasteiger charge is -2.15. The molecule has 5 N–H and O–H groups in total. The van der Waals surface area contributed by atoms with E-state index in [1.165, 1.54) is 0 Å². The third-order valence-electron chi connectivity index (χ3n) is 9.36. The predicted octanol–water partition coefficient (Wildman–Crippen LogP) is 8.11. The summed E-state index contributed by atoms with van der Waals surface area (Å²) in [4.78, 5) is 39.4. The molecule has 0 saturated heterocycles. The number of aromatic amines is 1. The average molecular weight is 718 g/mol. The number of aromatic nitrogens is 3. The van der Waals surface area contributed by atoms with E-state index < -0.39 is 5.63 Å². The molecule has 1 amide bonds. The van der Waals surface area contributed by atoms with E-state index in [0.717, 1.165) is 33.5 Å². The molecule has 1 aliphatic carbocycles. The number of halogens is 1. The normalized spacial score (nSPS) is 12.2. The van der Waals surface area contributed by atoms with Gasteiger partial charge in [-0.1, -0.05) is 60.2 Å². The van der Waals surface area contributed by atoms with Gasteiger partial charge in [0.25, 0.3) is 5.91 Å². The number of rotatable bonds is 6. The summed E-state index contributed by atoms with van der Waals surface area (Å²) in [5, 5.41) is 14.4. The van der Waals surface area contributed by atoms with Crippen molar-refractivity contribution < 1.29 is 18.7 Å². The number of hydrogen-bond acceptors (Lipinski definition) is 8. The van der Waals surface area contributed by atoms with Gasteiger partial charge in [0.05, 0.1) is 27.4 Å². The number of pyridine rings is 1. The second kappa shape index (κ2) is 12.7. The van der Waals surface area contributed by atoms with Crippen LogP contribution in [-0.4, -0.2) is 26.0 Å². The average Bonchev–Trinajstić information content (AvgIpc) is 3.58. The quantitative estimate of drug-likeness (QED) is 0.126. The highest BCUT2D eigenvalue weighted by Crippen LogP contribution is 2.40. The number of nitrogens with two attached hydrogens (primary N) is 1. The number of fused-ring (bicyclic) bond motifs is 4. The van der Waals surface area contributed by atoms with Gasteiger partial charge in [-0.15, -0.1) is 0 Å². The fraction of sp³-hybridized carbons (Fsp3) is 0.0476. The molecule has 0 radical (unpaired) electrons. The smallest absolute Gasteiger partial charge is 0.344 e. The minimum atomic E-state index is -0.591. The number of allylic oxidation sites excluding steroid dienone is 1. The summed E-state index contributed by atoms with van der Waals surface area (Å²) in [6, 6.07) is 24.8. The third kappa shape index (κ3) is 5.71. The summed E-state index contributed by atoms with van der Waals surface area (Å²) < 4.78 is 12.0. The number of aromatic hydroxyl groups is 1. The number of carbonyl (C=O) groups is 1. The number of benzene rings is 4. The van der Waals surface area contributed by atoms with Gasteiger partial charge in [0.2, 0.25) is 0 Å². The predicted molar refractivity (Wildman–Crippen MR) is 206 cm³/mol. The first-order chi connectivity index (χ1) is 25.8. The summed E-state index contributed by atoms with van der Waals surface area (Å²) in [6.45, 7) is 0.246. The van der Waals surface area contributed by atoms with E-state index in [1.807, 2.05) is 54.6 Å². The first-order valence-electron chi connectivity index (χ1n) is 16.8. The fourth-order valence-corrected chi connectivity index (χ4v) is 6.92. The highest BCUT2D eigenvalue weighted by atomic mass is 35.5. The molecule has 0 unspecified atom stereocenters. The maximum atomic E-state index is 13.5. The van der Waals surface area contributed by atoms with Crippen LogP contribution < -0.4 is 22.1 Å². The van der Waals surface area contributed by atoms with Crippen LogP contribution >= 0.6 is 11.6 Å². The molecule has 6 aromatic rings. The molecular formula is C42H28ClN5O5. The van der Waals surface area contributed by atoms with E-state index in [-0.39, 0.29) is 28.6 Å². The van der Waals surface area contributed by atoms with Crippen LogP contribution in [-0.2, 0) is 6.54 Å². The van der Waals surface area contributed by atoms with Crippen molar-refractivity contribution in [1.82, 2.24) is 20.3 Å². The van der Waals surface area contributed by atoms with Gasteiger partial charge in [0, 0.05) is 70.1 Å². The van der Waals surface area contributed by atoms with Crippen LogP contribution in [0.2, 0.25) is 5.02 Å². The maximum absolute atomic E-state index is 13.5. The molecule has 0 bridgehead atoms. The molecule has 0 fully saturated rings. The SMILES string of the molecule is Nc1cc2oc3c(c4c5ccc(C(=O)NCc6ccc(-c7nc(-c8ccc(Cl)c(O)c8)c(-c8ccncc8)[nH]7)cc6)cc5c(=O)oc(c1)c2-4)C=CCC=3. The lowest BCUT2D eigenvalue weighted by Crippen LogP contribution is -2.22. The fourth-order valence-electron chi connectivity index (χ4n) is 6.81. The summed E-state index contributed by atoms with van der Waals surface area (Å²) in [5.41, 5.74) is 14.7. The van der Waals surface area contributed by atoms with E-state index in [9.17, 15) is 14.7 Å². The minimum Gasteiger partial charge on any atom is -0.506 e. The van der Waals surface area contributed by atoms with Crippen LogP contribution in [0.1, 0.15) is 27.9 Å². The zero-order chi connectivity index (χ0) is 36.2. The Morgan fingerprint density at radius 2 is 1.66 bits per heavy atom. The number of carbonyl (C=O) groups excluding carboxylic acids is 1. The molecule has 0 saturated carbocycles. The van der Waals surface area contributed by atoms with Gasteiger partial charge in [-0.3, -0.25) is 9.78 Å². The molecule has 9 rings (SSSR count). The summed E-state index contributed by atoms with van der Waals surface area (Å²) in [5.74, 6) is 0.243. The minimum absolute atomic E-state index is 0.0357. The zero-order valence-electron chi connectivity index (χ0n) is 27.8. The van der Waals surface area contributed by atoms with Gasteiger partial charge >= 0.3 is 5.63 Å². The summed E-state index contributed by atoms with van der Waals surface area (Å²) in [7, 11) is 0. The van der Waals surface area contributed by atoms with Crippen molar-refractivity contribution >= 4 is 57.3 Å². The molecule has 11 heteroatoms. The number of nitrogens with zero attached hydrogens (tertiary/aromatic N) is 2. The number of phenols is 1. The van der Waals surface area contributed by atoms with Crippen molar-refractivity contribution in [2.24, 2.45) is 0 Å². The Morgan fingerprint density at radius 1 is 0.887 bits per heavy atom. The topological polar surface area (TPSA) is 160 Å². The number of nitrogens with one attached hydrogen (secondary N) is 2. The van der Waals surface area contributed by atoms with Gasteiger partial charge in [-0.25, -0.2) is 9.78 Å². The molecule has 0 atom stereocenters. The van der Waals surface area contributed by atoms with Gasteiger partial charge in [0.15, 0.2) is 0 Å². The Bertz CT molecular complexity index is 2890. The molecule has 53 heavy (non-hydrogen) atoms. The molecular weight excluding hydrogens is 690 g/mol. The lowest BCUT2D eigenvalue weighted by atomic mass is 9.92. The lowest BCUT2D eigenvalue weighted by molar-refractivity contribution is 0.0951. The van der Waals surface area contributed by atoms with Crippen LogP contribution in [0.3, 0.4) is 0 Å². The molecule has 10 nitrogen and oxygen atoms in total. The van der Waals surface area contributed by atoms with Gasteiger partial charge in [-0.05, 0) is 59.8 Å². The highest BCUT2D eigenvalue weighted by Gasteiger charge is 2.23. The van der Waals surface area contributed by atoms with E-state index >= 15 is 0 Å². The van der Waals surface area contributed by atoms with Gasteiger partial charge in [-0.2, -0.15) is 0 Å². The molecule has 2 aliphatic heterocycles. The molecule has 2 aromatic heterocycles. The Hall–Kier alpha value is -6.91. The number of phenolic OH excluding ortho intramolecular Hbond substituents is 1. The van der Waals surface area contributed by atoms with Crippen molar-refractivity contribution in [2.75, 3.05) is 5.73 Å². The van der Waals surface area contributed by atoms with E-state index in [1.54, 1.807) is 60.9 Å². The summed E-state index contributed by atoms with van der Waals surface area (Å²) in [6.07, 6.45) is 10.1. The number of amides is 1. The monoisotopic (exact) mass is 717 g/mol. The van der Waals surface area contributed by atoms with Crippen LogP contribution in [0.5, 0.6) is 5.75 Å². The largest absolute Gasteiger partial charge is 0.506 e. The standard InChI is InChI=1S/C42H28ClN5O5/c43-31-12-10-25(18-32(31)49)39-38(23-13-15-45-16-14-23)47-40(48-39)24-7-5-22(6-8-24)21-46-41(50)26-9-11-28-30(17-26)42(51)53-35-20-27(44)19-34-37(35)36(28)29-3-1-2-4-33(29)52-34/h1,3-20,49H,2,21,44H2,(H,46,50)(H,47,48). The Labute approximate surface area is 305 Å². The molecule has 4 heterocycles. The second-order valence-corrected chi connectivity index (χ2v) is 13.1. The first kappa shape index (κ1) is 32.0. The number of H-pyrrole nitrogens is 1. The molecule has 4 aromatic carbocycles. The Kier molecular flexibility index (Phi) is 7.67. The van der Waals surface area contributed by atoms with Crippen LogP contribution in [0.25, 0.3) is 79.1 Å². The van der Waals surface area contributed by atoms with E-state index in [4.69, 9.17) is 31.2 Å². The van der Waals surface area contributed by atoms with Crippen LogP contribution in [0.4, 0.5) is 5.69 Å². The zero-order valence-corrected chi connectivity index (χ0v) is 28.6.